The van der Waals surface area contributed by atoms with Crippen molar-refractivity contribution in [3.8, 4) is 0 Å². The SMILES string of the molecule is CCOC(=O)c1[nH]c(=O)sc1C(=O)OCC. The molecule has 16 heavy (non-hydrogen) atoms. The maximum Gasteiger partial charge on any atom is 0.356 e. The molecule has 7 heteroatoms. The largest absolute Gasteiger partial charge is 0.462 e. The van der Waals surface area contributed by atoms with Gasteiger partial charge in [-0.1, -0.05) is 11.3 Å². The highest BCUT2D eigenvalue weighted by Crippen LogP contribution is 2.12. The Bertz CT molecular complexity index is 408. The molecule has 0 aliphatic carbocycles. The summed E-state index contributed by atoms with van der Waals surface area (Å²) in [5.41, 5.74) is -0.143. The van der Waals surface area contributed by atoms with Crippen LogP contribution in [0.4, 0.5) is 0 Å². The molecule has 0 atom stereocenters. The van der Waals surface area contributed by atoms with Gasteiger partial charge in [0, 0.05) is 0 Å². The number of aromatic amines is 1. The molecule has 1 rings (SSSR count). The number of hydrogen-bond donors (Lipinski definition) is 1. The predicted molar refractivity (Wildman–Crippen MR) is 56.9 cm³/mol. The molecule has 1 heterocycles. The number of esters is 2. The van der Waals surface area contributed by atoms with Crippen molar-refractivity contribution in [2.75, 3.05) is 13.2 Å². The molecule has 0 aromatic carbocycles. The van der Waals surface area contributed by atoms with Gasteiger partial charge in [-0.2, -0.15) is 0 Å². The molecule has 0 radical (unpaired) electrons. The van der Waals surface area contributed by atoms with Crippen LogP contribution < -0.4 is 4.87 Å². The smallest absolute Gasteiger partial charge is 0.356 e. The first-order chi connectivity index (χ1) is 7.60. The van der Waals surface area contributed by atoms with Crippen molar-refractivity contribution in [1.82, 2.24) is 4.98 Å². The number of thiazole rings is 1. The number of rotatable bonds is 4. The summed E-state index contributed by atoms with van der Waals surface area (Å²) in [4.78, 5) is 35.6. The van der Waals surface area contributed by atoms with Crippen molar-refractivity contribution in [3.05, 3.63) is 20.2 Å². The number of carbonyl (C=O) groups is 2. The van der Waals surface area contributed by atoms with Crippen LogP contribution in [0.5, 0.6) is 0 Å². The van der Waals surface area contributed by atoms with Gasteiger partial charge in [0.2, 0.25) is 0 Å². The first-order valence-electron chi connectivity index (χ1n) is 4.67. The Morgan fingerprint density at radius 2 is 1.75 bits per heavy atom. The predicted octanol–water partition coefficient (Wildman–Crippen LogP) is 0.790. The van der Waals surface area contributed by atoms with E-state index in [-0.39, 0.29) is 23.8 Å². The van der Waals surface area contributed by atoms with Crippen molar-refractivity contribution < 1.29 is 19.1 Å². The van der Waals surface area contributed by atoms with E-state index >= 15 is 0 Å². The third-order valence-corrected chi connectivity index (χ3v) is 2.45. The molecule has 88 valence electrons. The molecule has 1 aromatic rings. The van der Waals surface area contributed by atoms with Gasteiger partial charge >= 0.3 is 16.8 Å². The van der Waals surface area contributed by atoms with E-state index in [0.717, 1.165) is 0 Å². The first-order valence-corrected chi connectivity index (χ1v) is 5.49. The molecular weight excluding hydrogens is 234 g/mol. The fourth-order valence-electron chi connectivity index (χ4n) is 1.02. The average Bonchev–Trinajstić information content (AvgIpc) is 2.61. The summed E-state index contributed by atoms with van der Waals surface area (Å²) in [6.45, 7) is 3.61. The molecule has 0 saturated carbocycles. The fourth-order valence-corrected chi connectivity index (χ4v) is 1.73. The number of hydrogen-bond acceptors (Lipinski definition) is 6. The van der Waals surface area contributed by atoms with Gasteiger partial charge < -0.3 is 14.5 Å². The Morgan fingerprint density at radius 1 is 1.19 bits per heavy atom. The third-order valence-electron chi connectivity index (χ3n) is 1.59. The lowest BCUT2D eigenvalue weighted by Gasteiger charge is -2.02. The van der Waals surface area contributed by atoms with Crippen LogP contribution in [-0.2, 0) is 9.47 Å². The Morgan fingerprint density at radius 3 is 2.31 bits per heavy atom. The van der Waals surface area contributed by atoms with E-state index in [4.69, 9.17) is 9.47 Å². The lowest BCUT2D eigenvalue weighted by Crippen LogP contribution is -2.13. The van der Waals surface area contributed by atoms with Gasteiger partial charge in [-0.15, -0.1) is 0 Å². The number of carbonyl (C=O) groups excluding carboxylic acids is 2. The van der Waals surface area contributed by atoms with E-state index in [1.807, 2.05) is 0 Å². The van der Waals surface area contributed by atoms with Gasteiger partial charge in [0.25, 0.3) is 0 Å². The highest BCUT2D eigenvalue weighted by molar-refractivity contribution is 7.11. The molecule has 0 unspecified atom stereocenters. The minimum Gasteiger partial charge on any atom is -0.462 e. The Balaban J connectivity index is 3.04. The summed E-state index contributed by atoms with van der Waals surface area (Å²) in [6, 6.07) is 0. The number of aromatic nitrogens is 1. The van der Waals surface area contributed by atoms with Crippen LogP contribution >= 0.6 is 11.3 Å². The Hall–Kier alpha value is -1.63. The van der Waals surface area contributed by atoms with Gasteiger partial charge in [-0.05, 0) is 13.8 Å². The second kappa shape index (κ2) is 5.45. The van der Waals surface area contributed by atoms with Crippen LogP contribution in [0.2, 0.25) is 0 Å². The molecule has 0 aliphatic heterocycles. The number of H-pyrrole nitrogens is 1. The lowest BCUT2D eigenvalue weighted by atomic mass is 10.3. The third kappa shape index (κ3) is 2.69. The zero-order valence-corrected chi connectivity index (χ0v) is 9.68. The molecule has 0 saturated heterocycles. The lowest BCUT2D eigenvalue weighted by molar-refractivity contribution is 0.0478. The van der Waals surface area contributed by atoms with E-state index in [1.165, 1.54) is 0 Å². The van der Waals surface area contributed by atoms with Crippen molar-refractivity contribution in [2.24, 2.45) is 0 Å². The molecule has 1 N–H and O–H groups in total. The summed E-state index contributed by atoms with van der Waals surface area (Å²) in [5, 5.41) is 0. The highest BCUT2D eigenvalue weighted by Gasteiger charge is 2.23. The van der Waals surface area contributed by atoms with Crippen LogP contribution in [0.25, 0.3) is 0 Å². The second-order valence-electron chi connectivity index (χ2n) is 2.66. The minimum absolute atomic E-state index is 0.0506. The van der Waals surface area contributed by atoms with Gasteiger partial charge in [-0.3, -0.25) is 4.79 Å². The zero-order chi connectivity index (χ0) is 12.1. The summed E-state index contributed by atoms with van der Waals surface area (Å²) in [5.74, 6) is -1.43. The second-order valence-corrected chi connectivity index (χ2v) is 3.64. The molecule has 0 aliphatic rings. The van der Waals surface area contributed by atoms with Crippen LogP contribution in [0.1, 0.15) is 34.0 Å². The van der Waals surface area contributed by atoms with E-state index in [0.29, 0.717) is 11.3 Å². The van der Waals surface area contributed by atoms with Gasteiger partial charge in [0.05, 0.1) is 13.2 Å². The summed E-state index contributed by atoms with van der Waals surface area (Å²) < 4.78 is 9.42. The molecule has 0 bridgehead atoms. The van der Waals surface area contributed by atoms with E-state index in [1.54, 1.807) is 13.8 Å². The summed E-state index contributed by atoms with van der Waals surface area (Å²) in [6.07, 6.45) is 0. The van der Waals surface area contributed by atoms with Gasteiger partial charge in [0.15, 0.2) is 5.69 Å². The van der Waals surface area contributed by atoms with Crippen molar-refractivity contribution in [2.45, 2.75) is 13.8 Å². The zero-order valence-electron chi connectivity index (χ0n) is 8.86. The van der Waals surface area contributed by atoms with E-state index in [2.05, 4.69) is 4.98 Å². The highest BCUT2D eigenvalue weighted by atomic mass is 32.1. The fraction of sp³-hybridized carbons (Fsp3) is 0.444. The van der Waals surface area contributed by atoms with E-state index in [9.17, 15) is 14.4 Å². The van der Waals surface area contributed by atoms with Crippen LogP contribution in [-0.4, -0.2) is 30.1 Å². The summed E-state index contributed by atoms with van der Waals surface area (Å²) >= 11 is 0.630. The van der Waals surface area contributed by atoms with Crippen molar-refractivity contribution in [1.29, 1.82) is 0 Å². The van der Waals surface area contributed by atoms with Crippen LogP contribution in [0.3, 0.4) is 0 Å². The molecule has 1 aromatic heterocycles. The monoisotopic (exact) mass is 245 g/mol. The van der Waals surface area contributed by atoms with Crippen LogP contribution in [0, 0.1) is 0 Å². The topological polar surface area (TPSA) is 85.5 Å². The standard InChI is InChI=1S/C9H11NO5S/c1-3-14-7(11)5-6(8(12)15-4-2)16-9(13)10-5/h3-4H2,1-2H3,(H,10,13). The molecule has 6 nitrogen and oxygen atoms in total. The van der Waals surface area contributed by atoms with Gasteiger partial charge in [0.1, 0.15) is 4.88 Å². The minimum atomic E-state index is -0.732. The molecule has 0 amide bonds. The number of ether oxygens (including phenoxy) is 2. The normalized spacial score (nSPS) is 9.88. The quantitative estimate of drug-likeness (QED) is 0.792. The molecule has 0 fully saturated rings. The Labute approximate surface area is 95.2 Å². The van der Waals surface area contributed by atoms with Crippen LogP contribution in [0.15, 0.2) is 4.79 Å². The van der Waals surface area contributed by atoms with Crippen molar-refractivity contribution >= 4 is 23.3 Å². The maximum absolute atomic E-state index is 11.4. The average molecular weight is 245 g/mol. The molecule has 0 spiro atoms. The number of nitrogens with one attached hydrogen (secondary N) is 1. The Kier molecular flexibility index (Phi) is 4.24. The summed E-state index contributed by atoms with van der Waals surface area (Å²) in [7, 11) is 0. The van der Waals surface area contributed by atoms with E-state index < -0.39 is 16.8 Å². The first kappa shape index (κ1) is 12.4. The van der Waals surface area contributed by atoms with Crippen molar-refractivity contribution in [3.63, 3.8) is 0 Å². The van der Waals surface area contributed by atoms with Gasteiger partial charge in [-0.25, -0.2) is 9.59 Å². The molecular formula is C9H11NO5S. The maximum atomic E-state index is 11.4.